The number of nitrogens with zero attached hydrogens (tertiary/aromatic N) is 3. The van der Waals surface area contributed by atoms with Crippen LogP contribution < -0.4 is 4.72 Å². The lowest BCUT2D eigenvalue weighted by Gasteiger charge is -2.28. The Balaban J connectivity index is 1.57. The molecule has 7 heteroatoms. The Labute approximate surface area is 143 Å². The van der Waals surface area contributed by atoms with Crippen molar-refractivity contribution in [2.24, 2.45) is 0 Å². The van der Waals surface area contributed by atoms with Crippen molar-refractivity contribution in [3.63, 3.8) is 0 Å². The van der Waals surface area contributed by atoms with E-state index < -0.39 is 10.0 Å². The van der Waals surface area contributed by atoms with E-state index in [1.807, 2.05) is 29.7 Å². The van der Waals surface area contributed by atoms with E-state index in [0.717, 1.165) is 19.4 Å². The molecule has 130 valence electrons. The number of sulfonamides is 1. The minimum Gasteiger partial charge on any atom is -0.317 e. The molecule has 0 aliphatic heterocycles. The van der Waals surface area contributed by atoms with Gasteiger partial charge in [-0.2, -0.15) is 0 Å². The van der Waals surface area contributed by atoms with Gasteiger partial charge < -0.3 is 4.57 Å². The average molecular weight is 348 g/mol. The van der Waals surface area contributed by atoms with Crippen LogP contribution in [0.25, 0.3) is 0 Å². The molecule has 0 radical (unpaired) electrons. The van der Waals surface area contributed by atoms with Crippen LogP contribution in [0.4, 0.5) is 0 Å². The Morgan fingerprint density at radius 2 is 1.88 bits per heavy atom. The van der Waals surface area contributed by atoms with Gasteiger partial charge in [-0.15, -0.1) is 10.2 Å². The first-order valence-electron chi connectivity index (χ1n) is 8.50. The molecule has 0 saturated heterocycles. The molecule has 1 aliphatic carbocycles. The number of rotatable bonds is 6. The van der Waals surface area contributed by atoms with E-state index in [0.29, 0.717) is 24.6 Å². The predicted molar refractivity (Wildman–Crippen MR) is 92.9 cm³/mol. The Kier molecular flexibility index (Phi) is 5.30. The van der Waals surface area contributed by atoms with Crippen molar-refractivity contribution >= 4 is 10.0 Å². The fraction of sp³-hybridized carbons (Fsp3) is 0.529. The lowest BCUT2D eigenvalue weighted by atomic mass is 9.84. The number of nitrogens with one attached hydrogen (secondary N) is 1. The molecule has 0 amide bonds. The number of aromatic nitrogens is 3. The summed E-state index contributed by atoms with van der Waals surface area (Å²) in [6.45, 7) is 2.91. The lowest BCUT2D eigenvalue weighted by molar-refractivity contribution is 0.431. The monoisotopic (exact) mass is 348 g/mol. The molecule has 0 bridgehead atoms. The fourth-order valence-corrected chi connectivity index (χ4v) is 4.85. The van der Waals surface area contributed by atoms with Gasteiger partial charge in [0, 0.05) is 6.54 Å². The first-order chi connectivity index (χ1) is 11.6. The molecule has 1 aromatic carbocycles. The molecular formula is C17H24N4O2S. The van der Waals surface area contributed by atoms with Crippen LogP contribution in [0.2, 0.25) is 0 Å². The molecule has 1 fully saturated rings. The van der Waals surface area contributed by atoms with Crippen LogP contribution in [0.15, 0.2) is 36.7 Å². The zero-order valence-electron chi connectivity index (χ0n) is 13.9. The van der Waals surface area contributed by atoms with Gasteiger partial charge in [0.2, 0.25) is 10.0 Å². The third-order valence-electron chi connectivity index (χ3n) is 4.85. The molecule has 6 nitrogen and oxygen atoms in total. The second-order valence-electron chi connectivity index (χ2n) is 6.28. The highest BCUT2D eigenvalue weighted by Crippen LogP contribution is 2.35. The maximum Gasteiger partial charge on any atom is 0.214 e. The second-order valence-corrected chi connectivity index (χ2v) is 8.33. The molecule has 1 N–H and O–H groups in total. The topological polar surface area (TPSA) is 76.9 Å². The van der Waals surface area contributed by atoms with E-state index in [2.05, 4.69) is 27.1 Å². The molecule has 1 heterocycles. The number of aryl methyl sites for hydroxylation is 1. The summed E-state index contributed by atoms with van der Waals surface area (Å²) in [5, 5.41) is 7.49. The van der Waals surface area contributed by atoms with Gasteiger partial charge in [-0.05, 0) is 44.1 Å². The molecular weight excluding hydrogens is 324 g/mol. The minimum atomic E-state index is -3.32. The second kappa shape index (κ2) is 7.44. The van der Waals surface area contributed by atoms with Gasteiger partial charge in [0.1, 0.15) is 12.2 Å². The highest BCUT2D eigenvalue weighted by Gasteiger charge is 2.31. The quantitative estimate of drug-likeness (QED) is 0.870. The zero-order valence-corrected chi connectivity index (χ0v) is 14.7. The first kappa shape index (κ1) is 17.1. The van der Waals surface area contributed by atoms with E-state index in [1.54, 1.807) is 6.33 Å². The largest absolute Gasteiger partial charge is 0.317 e. The van der Waals surface area contributed by atoms with E-state index in [-0.39, 0.29) is 11.8 Å². The predicted octanol–water partition coefficient (Wildman–Crippen LogP) is 2.44. The maximum absolute atomic E-state index is 12.6. The summed E-state index contributed by atoms with van der Waals surface area (Å²) in [5.41, 5.74) is 1.32. The van der Waals surface area contributed by atoms with Gasteiger partial charge in [-0.3, -0.25) is 0 Å². The van der Waals surface area contributed by atoms with E-state index in [1.165, 1.54) is 5.56 Å². The van der Waals surface area contributed by atoms with Crippen LogP contribution in [0.1, 0.15) is 49.9 Å². The Bertz CT molecular complexity index is 750. The van der Waals surface area contributed by atoms with Crippen LogP contribution in [-0.4, -0.2) is 28.4 Å². The number of hydrogen-bond acceptors (Lipinski definition) is 4. The highest BCUT2D eigenvalue weighted by atomic mass is 32.2. The zero-order chi connectivity index (χ0) is 17.0. The van der Waals surface area contributed by atoms with Gasteiger partial charge >= 0.3 is 0 Å². The number of hydrogen-bond donors (Lipinski definition) is 1. The molecule has 3 rings (SSSR count). The van der Waals surface area contributed by atoms with Crippen molar-refractivity contribution in [1.29, 1.82) is 0 Å². The van der Waals surface area contributed by atoms with Crippen molar-refractivity contribution in [3.05, 3.63) is 48.0 Å². The molecule has 2 aromatic rings. The summed E-state index contributed by atoms with van der Waals surface area (Å²) in [6, 6.07) is 10.4. The fourth-order valence-electron chi connectivity index (χ4n) is 3.39. The van der Waals surface area contributed by atoms with Crippen molar-refractivity contribution < 1.29 is 8.42 Å². The summed E-state index contributed by atoms with van der Waals surface area (Å²) in [5.74, 6) is 1.12. The summed E-state index contributed by atoms with van der Waals surface area (Å²) < 4.78 is 29.7. The number of benzene rings is 1. The molecule has 1 aromatic heterocycles. The van der Waals surface area contributed by atoms with Crippen molar-refractivity contribution in [3.8, 4) is 0 Å². The third kappa shape index (κ3) is 3.84. The Hall–Kier alpha value is -1.73. The minimum absolute atomic E-state index is 0.203. The van der Waals surface area contributed by atoms with E-state index in [4.69, 9.17) is 0 Å². The highest BCUT2D eigenvalue weighted by molar-refractivity contribution is 7.90. The Morgan fingerprint density at radius 3 is 2.54 bits per heavy atom. The van der Waals surface area contributed by atoms with Crippen LogP contribution in [0, 0.1) is 0 Å². The standard InChI is InChI=1S/C17H24N4O2S/c1-2-21-13-18-20-17(21)12-19-24(22,23)16-10-8-15(9-11-16)14-6-4-3-5-7-14/h3-7,13,15-16,19H,2,8-12H2,1H3. The third-order valence-corrected chi connectivity index (χ3v) is 6.75. The van der Waals surface area contributed by atoms with Gasteiger partial charge in [0.25, 0.3) is 0 Å². The maximum atomic E-state index is 12.6. The lowest BCUT2D eigenvalue weighted by Crippen LogP contribution is -2.36. The van der Waals surface area contributed by atoms with Gasteiger partial charge in [0.15, 0.2) is 0 Å². The van der Waals surface area contributed by atoms with Crippen molar-refractivity contribution in [1.82, 2.24) is 19.5 Å². The van der Waals surface area contributed by atoms with E-state index in [9.17, 15) is 8.42 Å². The van der Waals surface area contributed by atoms with E-state index >= 15 is 0 Å². The molecule has 0 spiro atoms. The van der Waals surface area contributed by atoms with Crippen molar-refractivity contribution in [2.45, 2.75) is 56.9 Å². The molecule has 1 saturated carbocycles. The molecule has 0 unspecified atom stereocenters. The molecule has 1 aliphatic rings. The smallest absolute Gasteiger partial charge is 0.214 e. The summed E-state index contributed by atoms with van der Waals surface area (Å²) in [4.78, 5) is 0. The molecule has 24 heavy (non-hydrogen) atoms. The summed E-state index contributed by atoms with van der Waals surface area (Å²) in [6.07, 6.45) is 4.86. The van der Waals surface area contributed by atoms with Crippen LogP contribution in [-0.2, 0) is 23.1 Å². The molecule has 0 atom stereocenters. The average Bonchev–Trinajstić information content (AvgIpc) is 3.09. The van der Waals surface area contributed by atoms with Gasteiger partial charge in [0.05, 0.1) is 11.8 Å². The van der Waals surface area contributed by atoms with Gasteiger partial charge in [-0.1, -0.05) is 30.3 Å². The summed E-state index contributed by atoms with van der Waals surface area (Å²) >= 11 is 0. The van der Waals surface area contributed by atoms with Crippen LogP contribution in [0.3, 0.4) is 0 Å². The van der Waals surface area contributed by atoms with Gasteiger partial charge in [-0.25, -0.2) is 13.1 Å². The van der Waals surface area contributed by atoms with Crippen molar-refractivity contribution in [2.75, 3.05) is 0 Å². The van der Waals surface area contributed by atoms with Crippen LogP contribution in [0.5, 0.6) is 0 Å². The Morgan fingerprint density at radius 1 is 1.17 bits per heavy atom. The SMILES string of the molecule is CCn1cnnc1CNS(=O)(=O)C1CCC(c2ccccc2)CC1. The van der Waals surface area contributed by atoms with Crippen LogP contribution >= 0.6 is 0 Å². The normalized spacial score (nSPS) is 21.7. The first-order valence-corrected chi connectivity index (χ1v) is 10.0. The summed E-state index contributed by atoms with van der Waals surface area (Å²) in [7, 11) is -3.32.